The molecule has 0 heterocycles. The fourth-order valence-electron chi connectivity index (χ4n) is 3.83. The zero-order valence-electron chi connectivity index (χ0n) is 21.6. The lowest BCUT2D eigenvalue weighted by atomic mass is 10.0. The molecule has 3 rings (SSSR count). The molecule has 3 aromatic rings. The molecule has 7 nitrogen and oxygen atoms in total. The number of nitrogens with two attached hydrogens (primary N) is 1. The summed E-state index contributed by atoms with van der Waals surface area (Å²) in [6.07, 6.45) is 0.944. The minimum Gasteiger partial charge on any atom is -0.489 e. The van der Waals surface area contributed by atoms with Crippen LogP contribution < -0.4 is 15.8 Å². The maximum absolute atomic E-state index is 13.1. The quantitative estimate of drug-likeness (QED) is 0.341. The van der Waals surface area contributed by atoms with Crippen LogP contribution in [0.15, 0.2) is 78.9 Å². The van der Waals surface area contributed by atoms with Crippen molar-refractivity contribution < 1.29 is 19.1 Å². The van der Waals surface area contributed by atoms with E-state index in [-0.39, 0.29) is 18.2 Å². The average molecular weight is 502 g/mol. The molecule has 37 heavy (non-hydrogen) atoms. The Labute approximate surface area is 218 Å². The highest BCUT2D eigenvalue weighted by Gasteiger charge is 2.27. The van der Waals surface area contributed by atoms with Crippen molar-refractivity contribution in [3.63, 3.8) is 0 Å². The molecule has 3 amide bonds. The topological polar surface area (TPSA) is 102 Å². The van der Waals surface area contributed by atoms with Gasteiger partial charge in [-0.1, -0.05) is 56.3 Å². The predicted molar refractivity (Wildman–Crippen MR) is 146 cm³/mol. The Morgan fingerprint density at radius 2 is 1.54 bits per heavy atom. The molecule has 0 fully saturated rings. The van der Waals surface area contributed by atoms with E-state index >= 15 is 0 Å². The first-order valence-corrected chi connectivity index (χ1v) is 12.5. The van der Waals surface area contributed by atoms with Crippen molar-refractivity contribution in [2.75, 3.05) is 11.9 Å². The first-order chi connectivity index (χ1) is 17.7. The van der Waals surface area contributed by atoms with E-state index < -0.39 is 18.0 Å². The highest BCUT2D eigenvalue weighted by atomic mass is 16.5. The Bertz CT molecular complexity index is 1180. The van der Waals surface area contributed by atoms with E-state index in [0.29, 0.717) is 30.7 Å². The molecule has 1 unspecified atom stereocenters. The molecule has 0 saturated heterocycles. The van der Waals surface area contributed by atoms with E-state index in [1.54, 1.807) is 24.3 Å². The third-order valence-electron chi connectivity index (χ3n) is 5.89. The van der Waals surface area contributed by atoms with Gasteiger partial charge in [-0.05, 0) is 73.2 Å². The number of carbonyl (C=O) groups is 3. The van der Waals surface area contributed by atoms with Gasteiger partial charge in [0.15, 0.2) is 5.78 Å². The summed E-state index contributed by atoms with van der Waals surface area (Å²) < 4.78 is 5.84. The Kier molecular flexibility index (Phi) is 9.98. The zero-order chi connectivity index (χ0) is 26.8. The number of nitrogens with zero attached hydrogens (tertiary/aromatic N) is 1. The molecule has 3 aromatic carbocycles. The Morgan fingerprint density at radius 3 is 2.14 bits per heavy atom. The van der Waals surface area contributed by atoms with Crippen LogP contribution in [-0.4, -0.2) is 35.2 Å². The van der Waals surface area contributed by atoms with Crippen LogP contribution in [0, 0.1) is 5.92 Å². The van der Waals surface area contributed by atoms with Gasteiger partial charge in [0.25, 0.3) is 0 Å². The van der Waals surface area contributed by atoms with Gasteiger partial charge in [-0.15, -0.1) is 0 Å². The fourth-order valence-corrected chi connectivity index (χ4v) is 3.83. The number of carbonyl (C=O) groups excluding carboxylic acids is 3. The monoisotopic (exact) mass is 501 g/mol. The van der Waals surface area contributed by atoms with E-state index in [4.69, 9.17) is 10.5 Å². The van der Waals surface area contributed by atoms with Crippen LogP contribution in [0.2, 0.25) is 0 Å². The number of ether oxygens (including phenoxy) is 1. The van der Waals surface area contributed by atoms with E-state index in [0.717, 1.165) is 16.9 Å². The van der Waals surface area contributed by atoms with Crippen molar-refractivity contribution in [3.8, 4) is 5.75 Å². The number of anilines is 1. The van der Waals surface area contributed by atoms with Gasteiger partial charge in [0, 0.05) is 17.8 Å². The minimum atomic E-state index is -0.778. The molecule has 0 bridgehead atoms. The lowest BCUT2D eigenvalue weighted by Gasteiger charge is -2.25. The van der Waals surface area contributed by atoms with Crippen LogP contribution in [0.1, 0.15) is 48.7 Å². The van der Waals surface area contributed by atoms with Crippen LogP contribution in [0.5, 0.6) is 5.75 Å². The van der Waals surface area contributed by atoms with Crippen LogP contribution in [0.3, 0.4) is 0 Å². The minimum absolute atomic E-state index is 0.0641. The summed E-state index contributed by atoms with van der Waals surface area (Å²) >= 11 is 0. The maximum Gasteiger partial charge on any atom is 0.328 e. The summed E-state index contributed by atoms with van der Waals surface area (Å²) in [5.74, 6) is 0.470. The normalized spacial score (nSPS) is 11.6. The molecule has 0 aromatic heterocycles. The highest BCUT2D eigenvalue weighted by molar-refractivity contribution is 6.03. The van der Waals surface area contributed by atoms with Gasteiger partial charge in [0.05, 0.1) is 6.04 Å². The number of imide groups is 1. The lowest BCUT2D eigenvalue weighted by molar-refractivity contribution is -0.129. The van der Waals surface area contributed by atoms with Gasteiger partial charge in [-0.3, -0.25) is 14.5 Å². The molecular formula is C30H35N3O4. The highest BCUT2D eigenvalue weighted by Crippen LogP contribution is 2.17. The van der Waals surface area contributed by atoms with Crippen molar-refractivity contribution in [2.45, 2.75) is 46.3 Å². The molecule has 0 saturated carbocycles. The number of rotatable bonds is 11. The molecule has 0 aliphatic rings. The van der Waals surface area contributed by atoms with E-state index in [2.05, 4.69) is 5.32 Å². The largest absolute Gasteiger partial charge is 0.489 e. The molecule has 0 spiro atoms. The van der Waals surface area contributed by atoms with Crippen molar-refractivity contribution in [3.05, 3.63) is 95.6 Å². The smallest absolute Gasteiger partial charge is 0.328 e. The maximum atomic E-state index is 13.1. The van der Waals surface area contributed by atoms with Gasteiger partial charge in [0.1, 0.15) is 12.4 Å². The van der Waals surface area contributed by atoms with E-state index in [9.17, 15) is 14.4 Å². The summed E-state index contributed by atoms with van der Waals surface area (Å²) in [5.41, 5.74) is 9.22. The van der Waals surface area contributed by atoms with E-state index in [1.165, 1.54) is 11.8 Å². The number of hydrogen-bond donors (Lipinski definition) is 2. The average Bonchev–Trinajstić information content (AvgIpc) is 2.88. The van der Waals surface area contributed by atoms with Gasteiger partial charge in [0.2, 0.25) is 5.91 Å². The molecule has 194 valence electrons. The summed E-state index contributed by atoms with van der Waals surface area (Å²) in [4.78, 5) is 38.9. The Hall–Kier alpha value is -3.97. The summed E-state index contributed by atoms with van der Waals surface area (Å²) in [6, 6.07) is 22.7. The Balaban J connectivity index is 1.65. The zero-order valence-corrected chi connectivity index (χ0v) is 21.6. The third-order valence-corrected chi connectivity index (χ3v) is 5.89. The van der Waals surface area contributed by atoms with Crippen molar-refractivity contribution in [2.24, 2.45) is 11.7 Å². The molecule has 3 N–H and O–H groups in total. The van der Waals surface area contributed by atoms with Gasteiger partial charge < -0.3 is 15.8 Å². The number of amides is 3. The van der Waals surface area contributed by atoms with Crippen LogP contribution >= 0.6 is 0 Å². The lowest BCUT2D eigenvalue weighted by Crippen LogP contribution is -2.49. The SMILES string of the molecule is CC(=O)c1ccc(NC(=O)N(CCc2ccc(OCc3ccccc3)cc2)C(=O)C(N)CC(C)C)cc1. The third kappa shape index (κ3) is 8.58. The molecule has 1 atom stereocenters. The summed E-state index contributed by atoms with van der Waals surface area (Å²) in [5, 5.41) is 2.75. The number of nitrogens with one attached hydrogen (secondary N) is 1. The first kappa shape index (κ1) is 27.6. The van der Waals surface area contributed by atoms with E-state index in [1.807, 2.05) is 68.4 Å². The molecule has 0 aliphatic heterocycles. The van der Waals surface area contributed by atoms with Crippen molar-refractivity contribution >= 4 is 23.4 Å². The standard InChI is InChI=1S/C30H35N3O4/c1-21(2)19-28(31)29(35)33(30(36)32-26-13-11-25(12-14-26)22(3)34)18-17-23-9-15-27(16-10-23)37-20-24-7-5-4-6-8-24/h4-16,21,28H,17-20,31H2,1-3H3,(H,32,36). The van der Waals surface area contributed by atoms with Crippen LogP contribution in [0.25, 0.3) is 0 Å². The second-order valence-corrected chi connectivity index (χ2v) is 9.46. The molecular weight excluding hydrogens is 466 g/mol. The van der Waals surface area contributed by atoms with Crippen molar-refractivity contribution in [1.29, 1.82) is 0 Å². The van der Waals surface area contributed by atoms with Crippen LogP contribution in [0.4, 0.5) is 10.5 Å². The van der Waals surface area contributed by atoms with Gasteiger partial charge >= 0.3 is 6.03 Å². The second kappa shape index (κ2) is 13.4. The number of benzene rings is 3. The number of Topliss-reactive ketones (excluding diaryl/α,β-unsaturated/α-hetero) is 1. The van der Waals surface area contributed by atoms with Gasteiger partial charge in [-0.25, -0.2) is 4.79 Å². The number of urea groups is 1. The Morgan fingerprint density at radius 1 is 0.892 bits per heavy atom. The van der Waals surface area contributed by atoms with Gasteiger partial charge in [-0.2, -0.15) is 0 Å². The molecule has 7 heteroatoms. The molecule has 0 radical (unpaired) electrons. The summed E-state index contributed by atoms with van der Waals surface area (Å²) in [6.45, 7) is 6.09. The first-order valence-electron chi connectivity index (χ1n) is 12.5. The number of ketones is 1. The van der Waals surface area contributed by atoms with Crippen molar-refractivity contribution in [1.82, 2.24) is 4.90 Å². The second-order valence-electron chi connectivity index (χ2n) is 9.46. The fraction of sp³-hybridized carbons (Fsp3) is 0.300. The van der Waals surface area contributed by atoms with Crippen LogP contribution in [-0.2, 0) is 17.8 Å². The predicted octanol–water partition coefficient (Wildman–Crippen LogP) is 5.44. The molecule has 0 aliphatic carbocycles. The number of hydrogen-bond acceptors (Lipinski definition) is 5. The summed E-state index contributed by atoms with van der Waals surface area (Å²) in [7, 11) is 0.